The molecule has 1 aliphatic carbocycles. The highest BCUT2D eigenvalue weighted by molar-refractivity contribution is 5.48. The summed E-state index contributed by atoms with van der Waals surface area (Å²) in [6, 6.07) is 1.73. The lowest BCUT2D eigenvalue weighted by molar-refractivity contribution is 0.0943. The first kappa shape index (κ1) is 13.1. The summed E-state index contributed by atoms with van der Waals surface area (Å²) >= 11 is 0. The molecule has 3 N–H and O–H groups in total. The second-order valence-corrected chi connectivity index (χ2v) is 5.60. The quantitative estimate of drug-likeness (QED) is 0.767. The average molecular weight is 277 g/mol. The Hall–Kier alpha value is -1.89. The number of hydrogen-bond donors (Lipinski definition) is 3. The van der Waals surface area contributed by atoms with E-state index in [0.29, 0.717) is 18.0 Å². The van der Waals surface area contributed by atoms with Gasteiger partial charge < -0.3 is 10.4 Å². The van der Waals surface area contributed by atoms with E-state index < -0.39 is 0 Å². The van der Waals surface area contributed by atoms with Crippen LogP contribution in [0.1, 0.15) is 32.1 Å². The van der Waals surface area contributed by atoms with E-state index in [-0.39, 0.29) is 17.7 Å². The minimum Gasteiger partial charge on any atom is -0.396 e. The second-order valence-electron chi connectivity index (χ2n) is 5.60. The van der Waals surface area contributed by atoms with Gasteiger partial charge in [-0.2, -0.15) is 5.10 Å². The number of H-pyrrole nitrogens is 1. The van der Waals surface area contributed by atoms with E-state index in [2.05, 4.69) is 20.5 Å². The summed E-state index contributed by atoms with van der Waals surface area (Å²) in [6.07, 6.45) is 7.13. The van der Waals surface area contributed by atoms with E-state index in [4.69, 9.17) is 0 Å². The SMILES string of the molecule is O=c1[nH]nc2cc(NCC3(CO)CCCCC3)ncn12. The number of rotatable bonds is 4. The third-order valence-electron chi connectivity index (χ3n) is 4.20. The lowest BCUT2D eigenvalue weighted by Crippen LogP contribution is -2.35. The Bertz CT molecular complexity index is 641. The summed E-state index contributed by atoms with van der Waals surface area (Å²) in [5.74, 6) is 0.676. The summed E-state index contributed by atoms with van der Waals surface area (Å²) in [6.45, 7) is 0.894. The molecule has 0 saturated heterocycles. The van der Waals surface area contributed by atoms with E-state index in [1.807, 2.05) is 0 Å². The first-order chi connectivity index (χ1) is 9.72. The van der Waals surface area contributed by atoms with Gasteiger partial charge in [0.05, 0.1) is 6.61 Å². The zero-order chi connectivity index (χ0) is 14.0. The Morgan fingerprint density at radius 3 is 2.95 bits per heavy atom. The van der Waals surface area contributed by atoms with Crippen molar-refractivity contribution in [2.45, 2.75) is 32.1 Å². The standard InChI is InChI=1S/C13H19N5O2/c19-8-13(4-2-1-3-5-13)7-14-10-6-11-16-17-12(20)18(11)9-15-10/h6,9,14,19H,1-5,7-8H2,(H,17,20). The van der Waals surface area contributed by atoms with Crippen LogP contribution in [0.3, 0.4) is 0 Å². The van der Waals surface area contributed by atoms with Crippen LogP contribution in [-0.2, 0) is 0 Å². The maximum Gasteiger partial charge on any atom is 0.348 e. The molecule has 7 heteroatoms. The molecule has 0 spiro atoms. The number of aromatic amines is 1. The molecular weight excluding hydrogens is 258 g/mol. The molecule has 2 aromatic rings. The Kier molecular flexibility index (Phi) is 3.43. The number of aliphatic hydroxyl groups is 1. The number of hydrogen-bond acceptors (Lipinski definition) is 5. The van der Waals surface area contributed by atoms with E-state index in [0.717, 1.165) is 12.8 Å². The van der Waals surface area contributed by atoms with Crippen molar-refractivity contribution in [3.63, 3.8) is 0 Å². The fraction of sp³-hybridized carbons (Fsp3) is 0.615. The molecule has 1 fully saturated rings. The molecule has 108 valence electrons. The van der Waals surface area contributed by atoms with Crippen LogP contribution in [0.25, 0.3) is 5.65 Å². The highest BCUT2D eigenvalue weighted by Crippen LogP contribution is 2.35. The number of nitrogens with one attached hydrogen (secondary N) is 2. The largest absolute Gasteiger partial charge is 0.396 e. The Morgan fingerprint density at radius 1 is 1.40 bits per heavy atom. The minimum absolute atomic E-state index is 0.0443. The fourth-order valence-corrected chi connectivity index (χ4v) is 2.88. The summed E-state index contributed by atoms with van der Waals surface area (Å²) in [5.41, 5.74) is 0.199. The highest BCUT2D eigenvalue weighted by Gasteiger charge is 2.31. The number of anilines is 1. The van der Waals surface area contributed by atoms with Crippen molar-refractivity contribution in [3.05, 3.63) is 22.9 Å². The van der Waals surface area contributed by atoms with Gasteiger partial charge in [0.15, 0.2) is 5.65 Å². The van der Waals surface area contributed by atoms with Crippen molar-refractivity contribution in [3.8, 4) is 0 Å². The van der Waals surface area contributed by atoms with Gasteiger partial charge in [-0.1, -0.05) is 19.3 Å². The maximum absolute atomic E-state index is 11.3. The molecule has 1 saturated carbocycles. The third kappa shape index (κ3) is 2.40. The van der Waals surface area contributed by atoms with Gasteiger partial charge in [0.2, 0.25) is 0 Å². The summed E-state index contributed by atoms with van der Waals surface area (Å²) < 4.78 is 1.35. The van der Waals surface area contributed by atoms with Crippen LogP contribution in [0.15, 0.2) is 17.2 Å². The van der Waals surface area contributed by atoms with Gasteiger partial charge in [0, 0.05) is 18.0 Å². The van der Waals surface area contributed by atoms with E-state index in [1.165, 1.54) is 30.0 Å². The summed E-state index contributed by atoms with van der Waals surface area (Å²) in [4.78, 5) is 15.5. The minimum atomic E-state index is -0.293. The van der Waals surface area contributed by atoms with Gasteiger partial charge in [-0.05, 0) is 12.8 Å². The van der Waals surface area contributed by atoms with Crippen molar-refractivity contribution in [2.75, 3.05) is 18.5 Å². The molecule has 0 amide bonds. The molecule has 2 aromatic heterocycles. The molecule has 0 aromatic carbocycles. The van der Waals surface area contributed by atoms with Crippen molar-refractivity contribution in [1.29, 1.82) is 0 Å². The zero-order valence-electron chi connectivity index (χ0n) is 11.3. The monoisotopic (exact) mass is 277 g/mol. The Labute approximate surface area is 116 Å². The predicted molar refractivity (Wildman–Crippen MR) is 74.7 cm³/mol. The van der Waals surface area contributed by atoms with Gasteiger partial charge >= 0.3 is 5.69 Å². The molecule has 1 aliphatic rings. The van der Waals surface area contributed by atoms with Gasteiger partial charge in [0.1, 0.15) is 12.1 Å². The molecule has 7 nitrogen and oxygen atoms in total. The average Bonchev–Trinajstić information content (AvgIpc) is 2.87. The van der Waals surface area contributed by atoms with Gasteiger partial charge in [0.25, 0.3) is 0 Å². The van der Waals surface area contributed by atoms with Crippen LogP contribution in [0, 0.1) is 5.41 Å². The molecule has 0 radical (unpaired) electrons. The van der Waals surface area contributed by atoms with E-state index in [1.54, 1.807) is 6.07 Å². The number of nitrogens with zero attached hydrogens (tertiary/aromatic N) is 3. The molecule has 20 heavy (non-hydrogen) atoms. The van der Waals surface area contributed by atoms with Crippen LogP contribution >= 0.6 is 0 Å². The van der Waals surface area contributed by atoms with Gasteiger partial charge in [-0.15, -0.1) is 0 Å². The Balaban J connectivity index is 1.74. The molecular formula is C13H19N5O2. The van der Waals surface area contributed by atoms with Crippen LogP contribution in [-0.4, -0.2) is 37.8 Å². The Morgan fingerprint density at radius 2 is 2.20 bits per heavy atom. The van der Waals surface area contributed by atoms with Crippen molar-refractivity contribution < 1.29 is 5.11 Å². The lowest BCUT2D eigenvalue weighted by Gasteiger charge is -2.35. The highest BCUT2D eigenvalue weighted by atomic mass is 16.3. The molecule has 2 heterocycles. The fourth-order valence-electron chi connectivity index (χ4n) is 2.88. The van der Waals surface area contributed by atoms with E-state index >= 15 is 0 Å². The number of aliphatic hydroxyl groups excluding tert-OH is 1. The lowest BCUT2D eigenvalue weighted by atomic mass is 9.74. The molecule has 0 unspecified atom stereocenters. The van der Waals surface area contributed by atoms with Crippen LogP contribution in [0.4, 0.5) is 5.82 Å². The molecule has 0 aliphatic heterocycles. The van der Waals surface area contributed by atoms with Crippen molar-refractivity contribution in [1.82, 2.24) is 19.6 Å². The van der Waals surface area contributed by atoms with Crippen LogP contribution in [0.5, 0.6) is 0 Å². The zero-order valence-corrected chi connectivity index (χ0v) is 11.3. The topological polar surface area (TPSA) is 95.3 Å². The number of fused-ring (bicyclic) bond motifs is 1. The van der Waals surface area contributed by atoms with Crippen molar-refractivity contribution >= 4 is 11.5 Å². The van der Waals surface area contributed by atoms with Gasteiger partial charge in [-0.25, -0.2) is 19.3 Å². The molecule has 0 bridgehead atoms. The third-order valence-corrected chi connectivity index (χ3v) is 4.20. The maximum atomic E-state index is 11.3. The van der Waals surface area contributed by atoms with Crippen LogP contribution < -0.4 is 11.0 Å². The van der Waals surface area contributed by atoms with Crippen molar-refractivity contribution in [2.24, 2.45) is 5.41 Å². The van der Waals surface area contributed by atoms with E-state index in [9.17, 15) is 9.90 Å². The van der Waals surface area contributed by atoms with Crippen LogP contribution in [0.2, 0.25) is 0 Å². The predicted octanol–water partition coefficient (Wildman–Crippen LogP) is 0.772. The molecule has 0 atom stereocenters. The van der Waals surface area contributed by atoms with Gasteiger partial charge in [-0.3, -0.25) is 0 Å². The first-order valence-electron chi connectivity index (χ1n) is 7.00. The summed E-state index contributed by atoms with van der Waals surface area (Å²) in [5, 5.41) is 19.2. The first-order valence-corrected chi connectivity index (χ1v) is 7.00. The molecule has 3 rings (SSSR count). The summed E-state index contributed by atoms with van der Waals surface area (Å²) in [7, 11) is 0. The number of aromatic nitrogens is 4. The smallest absolute Gasteiger partial charge is 0.348 e. The normalized spacial score (nSPS) is 18.2. The second kappa shape index (κ2) is 5.24.